The second-order valence-corrected chi connectivity index (χ2v) is 6.60. The highest BCUT2D eigenvalue weighted by Crippen LogP contribution is 2.35. The van der Waals surface area contributed by atoms with Crippen molar-refractivity contribution in [1.29, 1.82) is 0 Å². The summed E-state index contributed by atoms with van der Waals surface area (Å²) in [6.07, 6.45) is 0. The van der Waals surface area contributed by atoms with E-state index in [2.05, 4.69) is 106 Å². The van der Waals surface area contributed by atoms with Crippen LogP contribution in [-0.2, 0) is 0 Å². The number of rotatable bonds is 3. The van der Waals surface area contributed by atoms with Gasteiger partial charge in [0.15, 0.2) is 0 Å². The molecule has 4 aromatic rings. The number of halogens is 1. The normalized spacial score (nSPS) is 10.7. The predicted molar refractivity (Wildman–Crippen MR) is 106 cm³/mol. The number of para-hydroxylation sites is 2. The lowest BCUT2D eigenvalue weighted by Crippen LogP contribution is -2.09. The molecule has 0 aliphatic carbocycles. The van der Waals surface area contributed by atoms with Crippen LogP contribution in [0.2, 0.25) is 0 Å². The second kappa shape index (κ2) is 6.50. The van der Waals surface area contributed by atoms with E-state index in [1.807, 2.05) is 12.1 Å². The zero-order valence-corrected chi connectivity index (χ0v) is 14.6. The van der Waals surface area contributed by atoms with Gasteiger partial charge in [0.1, 0.15) is 0 Å². The van der Waals surface area contributed by atoms with Crippen LogP contribution in [0.4, 0.5) is 17.1 Å². The lowest BCUT2D eigenvalue weighted by molar-refractivity contribution is 1.29. The predicted octanol–water partition coefficient (Wildman–Crippen LogP) is 7.07. The monoisotopic (exact) mass is 373 g/mol. The van der Waals surface area contributed by atoms with E-state index >= 15 is 0 Å². The summed E-state index contributed by atoms with van der Waals surface area (Å²) in [4.78, 5) is 2.28. The van der Waals surface area contributed by atoms with Gasteiger partial charge in [-0.15, -0.1) is 0 Å². The van der Waals surface area contributed by atoms with Gasteiger partial charge in [0.05, 0.1) is 0 Å². The molecule has 0 spiro atoms. The minimum absolute atomic E-state index is 1.10. The Morgan fingerprint density at radius 3 is 1.71 bits per heavy atom. The summed E-state index contributed by atoms with van der Waals surface area (Å²) in [6, 6.07) is 33.9. The van der Waals surface area contributed by atoms with Crippen LogP contribution in [0.25, 0.3) is 10.8 Å². The Labute approximate surface area is 150 Å². The molecule has 0 saturated heterocycles. The maximum absolute atomic E-state index is 3.57. The number of fused-ring (bicyclic) bond motifs is 1. The third kappa shape index (κ3) is 2.93. The molecule has 116 valence electrons. The van der Waals surface area contributed by atoms with Gasteiger partial charge in [0.25, 0.3) is 0 Å². The van der Waals surface area contributed by atoms with Gasteiger partial charge in [0, 0.05) is 21.5 Å². The molecule has 0 heterocycles. The molecule has 1 nitrogen and oxygen atoms in total. The quantitative estimate of drug-likeness (QED) is 0.371. The Morgan fingerprint density at radius 2 is 1.08 bits per heavy atom. The third-order valence-corrected chi connectivity index (χ3v) is 4.57. The van der Waals surface area contributed by atoms with E-state index in [4.69, 9.17) is 0 Å². The van der Waals surface area contributed by atoms with E-state index in [9.17, 15) is 0 Å². The van der Waals surface area contributed by atoms with Crippen molar-refractivity contribution in [2.45, 2.75) is 0 Å². The zero-order chi connectivity index (χ0) is 16.4. The average molecular weight is 374 g/mol. The molecular weight excluding hydrogens is 358 g/mol. The van der Waals surface area contributed by atoms with Crippen LogP contribution in [0.5, 0.6) is 0 Å². The first kappa shape index (κ1) is 15.0. The Hall–Kier alpha value is -2.58. The summed E-state index contributed by atoms with van der Waals surface area (Å²) in [7, 11) is 0. The molecule has 0 amide bonds. The van der Waals surface area contributed by atoms with Crippen LogP contribution in [0.3, 0.4) is 0 Å². The van der Waals surface area contributed by atoms with Gasteiger partial charge in [-0.1, -0.05) is 64.5 Å². The maximum atomic E-state index is 3.57. The third-order valence-electron chi connectivity index (χ3n) is 4.07. The molecule has 0 aromatic heterocycles. The number of benzene rings is 4. The van der Waals surface area contributed by atoms with Crippen LogP contribution < -0.4 is 4.90 Å². The van der Waals surface area contributed by atoms with E-state index in [1.54, 1.807) is 0 Å². The smallest absolute Gasteiger partial charge is 0.0468 e. The van der Waals surface area contributed by atoms with Crippen molar-refractivity contribution >= 4 is 43.8 Å². The molecule has 2 heteroatoms. The first-order valence-electron chi connectivity index (χ1n) is 7.91. The first-order valence-corrected chi connectivity index (χ1v) is 8.70. The van der Waals surface area contributed by atoms with Gasteiger partial charge in [0.2, 0.25) is 0 Å². The van der Waals surface area contributed by atoms with Crippen molar-refractivity contribution < 1.29 is 0 Å². The molecule has 0 radical (unpaired) electrons. The molecule has 4 rings (SSSR count). The molecule has 4 aromatic carbocycles. The van der Waals surface area contributed by atoms with Crippen molar-refractivity contribution in [2.75, 3.05) is 4.90 Å². The fourth-order valence-corrected chi connectivity index (χ4v) is 3.32. The maximum Gasteiger partial charge on any atom is 0.0468 e. The van der Waals surface area contributed by atoms with Gasteiger partial charge in [-0.25, -0.2) is 0 Å². The van der Waals surface area contributed by atoms with Gasteiger partial charge in [-0.05, 0) is 59.3 Å². The fourth-order valence-electron chi connectivity index (χ4n) is 2.95. The van der Waals surface area contributed by atoms with Crippen LogP contribution in [0, 0.1) is 0 Å². The molecular formula is C22H16BrN. The van der Waals surface area contributed by atoms with Crippen LogP contribution in [0.15, 0.2) is 102 Å². The molecule has 0 aliphatic rings. The van der Waals surface area contributed by atoms with E-state index in [1.165, 1.54) is 10.8 Å². The van der Waals surface area contributed by atoms with Crippen molar-refractivity contribution in [1.82, 2.24) is 0 Å². The Kier molecular flexibility index (Phi) is 4.06. The highest BCUT2D eigenvalue weighted by atomic mass is 79.9. The van der Waals surface area contributed by atoms with Crippen LogP contribution >= 0.6 is 15.9 Å². The minimum Gasteiger partial charge on any atom is -0.310 e. The van der Waals surface area contributed by atoms with Crippen molar-refractivity contribution in [2.24, 2.45) is 0 Å². The van der Waals surface area contributed by atoms with Crippen LogP contribution in [0.1, 0.15) is 0 Å². The standard InChI is InChI=1S/C22H16BrN/c23-19-13-11-17-12-14-22(16-18(17)15-19)24(20-7-3-1-4-8-20)21-9-5-2-6-10-21/h1-16H. The summed E-state index contributed by atoms with van der Waals surface area (Å²) < 4.78 is 1.10. The number of nitrogens with zero attached hydrogens (tertiary/aromatic N) is 1. The molecule has 0 saturated carbocycles. The fraction of sp³-hybridized carbons (Fsp3) is 0. The Bertz CT molecular complexity index is 925. The zero-order valence-electron chi connectivity index (χ0n) is 13.1. The summed E-state index contributed by atoms with van der Waals surface area (Å²) in [5.41, 5.74) is 3.45. The molecule has 0 fully saturated rings. The molecule has 0 unspecified atom stereocenters. The van der Waals surface area contributed by atoms with Crippen molar-refractivity contribution in [3.63, 3.8) is 0 Å². The van der Waals surface area contributed by atoms with E-state index in [0.717, 1.165) is 21.5 Å². The van der Waals surface area contributed by atoms with E-state index in [-0.39, 0.29) is 0 Å². The summed E-state index contributed by atoms with van der Waals surface area (Å²) >= 11 is 3.57. The molecule has 0 atom stereocenters. The topological polar surface area (TPSA) is 3.24 Å². The summed E-state index contributed by atoms with van der Waals surface area (Å²) in [5.74, 6) is 0. The van der Waals surface area contributed by atoms with E-state index in [0.29, 0.717) is 0 Å². The molecule has 0 N–H and O–H groups in total. The lowest BCUT2D eigenvalue weighted by Gasteiger charge is -2.25. The highest BCUT2D eigenvalue weighted by molar-refractivity contribution is 9.10. The first-order chi connectivity index (χ1) is 11.8. The van der Waals surface area contributed by atoms with Gasteiger partial charge < -0.3 is 4.90 Å². The molecule has 0 aliphatic heterocycles. The largest absolute Gasteiger partial charge is 0.310 e. The Morgan fingerprint density at radius 1 is 0.500 bits per heavy atom. The summed E-state index contributed by atoms with van der Waals surface area (Å²) in [5, 5.41) is 2.46. The van der Waals surface area contributed by atoms with Crippen molar-refractivity contribution in [3.8, 4) is 0 Å². The van der Waals surface area contributed by atoms with Crippen LogP contribution in [-0.4, -0.2) is 0 Å². The SMILES string of the molecule is Brc1ccc2ccc(N(c3ccccc3)c3ccccc3)cc2c1. The second-order valence-electron chi connectivity index (χ2n) is 5.68. The number of hydrogen-bond donors (Lipinski definition) is 0. The molecule has 0 bridgehead atoms. The number of anilines is 3. The highest BCUT2D eigenvalue weighted by Gasteiger charge is 2.12. The average Bonchev–Trinajstić information content (AvgIpc) is 2.63. The molecule has 24 heavy (non-hydrogen) atoms. The van der Waals surface area contributed by atoms with Crippen molar-refractivity contribution in [3.05, 3.63) is 102 Å². The number of hydrogen-bond acceptors (Lipinski definition) is 1. The Balaban J connectivity index is 1.90. The van der Waals surface area contributed by atoms with Gasteiger partial charge in [-0.2, -0.15) is 0 Å². The van der Waals surface area contributed by atoms with Gasteiger partial charge >= 0.3 is 0 Å². The summed E-state index contributed by atoms with van der Waals surface area (Å²) in [6.45, 7) is 0. The minimum atomic E-state index is 1.10. The van der Waals surface area contributed by atoms with E-state index < -0.39 is 0 Å². The lowest BCUT2D eigenvalue weighted by atomic mass is 10.1. The van der Waals surface area contributed by atoms with Gasteiger partial charge in [-0.3, -0.25) is 0 Å².